The molecule has 0 fully saturated rings. The largest absolute Gasteiger partial charge is 0.324 e. The van der Waals surface area contributed by atoms with Gasteiger partial charge in [-0.2, -0.15) is 0 Å². The molecule has 4 heteroatoms. The summed E-state index contributed by atoms with van der Waals surface area (Å²) in [7, 11) is 0. The number of halogens is 2. The van der Waals surface area contributed by atoms with Crippen LogP contribution >= 0.6 is 24.8 Å². The maximum absolute atomic E-state index is 3.38. The van der Waals surface area contributed by atoms with Gasteiger partial charge in [-0.25, -0.2) is 0 Å². The second-order valence-corrected chi connectivity index (χ2v) is 3.72. The highest BCUT2D eigenvalue weighted by molar-refractivity contribution is 5.85. The van der Waals surface area contributed by atoms with E-state index in [9.17, 15) is 0 Å². The standard InChI is InChI=1S/C11H27N2.2ClH/c1-5-12-10-9-11-13(6-2,7-3)8-4;;/h12H,5-11H2,1-4H3;2*1H/q+1;;. The molecule has 2 nitrogen and oxygen atoms in total. The molecule has 0 aromatic carbocycles. The van der Waals surface area contributed by atoms with Crippen molar-refractivity contribution in [2.75, 3.05) is 39.3 Å². The van der Waals surface area contributed by atoms with E-state index in [4.69, 9.17) is 0 Å². The fourth-order valence-electron chi connectivity index (χ4n) is 1.86. The zero-order valence-corrected chi connectivity index (χ0v) is 12.3. The van der Waals surface area contributed by atoms with Crippen LogP contribution in [-0.4, -0.2) is 43.8 Å². The molecule has 0 saturated heterocycles. The van der Waals surface area contributed by atoms with E-state index in [1.54, 1.807) is 0 Å². The van der Waals surface area contributed by atoms with Crippen molar-refractivity contribution in [2.24, 2.45) is 0 Å². The molecule has 15 heavy (non-hydrogen) atoms. The fraction of sp³-hybridized carbons (Fsp3) is 1.00. The summed E-state index contributed by atoms with van der Waals surface area (Å²) in [6, 6.07) is 0. The predicted molar refractivity (Wildman–Crippen MR) is 74.4 cm³/mol. The van der Waals surface area contributed by atoms with Crippen LogP contribution in [0.4, 0.5) is 0 Å². The van der Waals surface area contributed by atoms with Crippen molar-refractivity contribution in [2.45, 2.75) is 34.1 Å². The molecule has 0 aromatic rings. The lowest BCUT2D eigenvalue weighted by atomic mass is 10.3. The molecule has 0 aliphatic heterocycles. The summed E-state index contributed by atoms with van der Waals surface area (Å²) < 4.78 is 1.28. The van der Waals surface area contributed by atoms with Crippen LogP contribution in [0.3, 0.4) is 0 Å². The van der Waals surface area contributed by atoms with Crippen LogP contribution in [0.2, 0.25) is 0 Å². The van der Waals surface area contributed by atoms with Gasteiger partial charge in [-0.3, -0.25) is 0 Å². The summed E-state index contributed by atoms with van der Waals surface area (Å²) in [4.78, 5) is 0. The van der Waals surface area contributed by atoms with Crippen LogP contribution in [0.5, 0.6) is 0 Å². The molecule has 0 rings (SSSR count). The van der Waals surface area contributed by atoms with Gasteiger partial charge in [-0.15, -0.1) is 24.8 Å². The minimum absolute atomic E-state index is 0. The van der Waals surface area contributed by atoms with Crippen LogP contribution in [-0.2, 0) is 0 Å². The Bertz CT molecular complexity index is 109. The molecule has 0 aromatic heterocycles. The van der Waals surface area contributed by atoms with Gasteiger partial charge in [0.05, 0.1) is 26.2 Å². The summed E-state index contributed by atoms with van der Waals surface area (Å²) in [6.07, 6.45) is 1.31. The maximum Gasteiger partial charge on any atom is 0.0798 e. The summed E-state index contributed by atoms with van der Waals surface area (Å²) >= 11 is 0. The van der Waals surface area contributed by atoms with Crippen LogP contribution in [0.25, 0.3) is 0 Å². The van der Waals surface area contributed by atoms with E-state index >= 15 is 0 Å². The Morgan fingerprint density at radius 1 is 0.867 bits per heavy atom. The van der Waals surface area contributed by atoms with E-state index in [1.165, 1.54) is 43.6 Å². The van der Waals surface area contributed by atoms with Gasteiger partial charge < -0.3 is 9.80 Å². The number of hydrogen-bond donors (Lipinski definition) is 1. The van der Waals surface area contributed by atoms with Crippen molar-refractivity contribution in [3.63, 3.8) is 0 Å². The Hall–Kier alpha value is 0.500. The zero-order chi connectivity index (χ0) is 10.2. The first-order chi connectivity index (χ1) is 6.24. The van der Waals surface area contributed by atoms with Gasteiger partial charge in [-0.05, 0) is 27.3 Å². The Morgan fingerprint density at radius 3 is 1.67 bits per heavy atom. The number of rotatable bonds is 8. The summed E-state index contributed by atoms with van der Waals surface area (Å²) in [5, 5.41) is 3.38. The molecule has 0 heterocycles. The molecule has 0 amide bonds. The Balaban J connectivity index is -0.000000720. The van der Waals surface area contributed by atoms with Crippen molar-refractivity contribution >= 4 is 24.8 Å². The average molecular weight is 260 g/mol. The average Bonchev–Trinajstić information content (AvgIpc) is 2.20. The third-order valence-electron chi connectivity index (χ3n) is 3.25. The Morgan fingerprint density at radius 2 is 1.33 bits per heavy atom. The molecule has 96 valence electrons. The van der Waals surface area contributed by atoms with E-state index < -0.39 is 0 Å². The quantitative estimate of drug-likeness (QED) is 0.522. The van der Waals surface area contributed by atoms with Gasteiger partial charge in [0.2, 0.25) is 0 Å². The molecule has 1 N–H and O–H groups in total. The van der Waals surface area contributed by atoms with Gasteiger partial charge in [-0.1, -0.05) is 6.92 Å². The van der Waals surface area contributed by atoms with E-state index in [-0.39, 0.29) is 24.8 Å². The van der Waals surface area contributed by atoms with Crippen LogP contribution < -0.4 is 5.32 Å². The molecule has 0 aliphatic rings. The molecule has 0 aliphatic carbocycles. The first-order valence-electron chi connectivity index (χ1n) is 5.80. The second-order valence-electron chi connectivity index (χ2n) is 3.72. The minimum atomic E-state index is 0. The number of nitrogens with one attached hydrogen (secondary N) is 1. The van der Waals surface area contributed by atoms with Crippen molar-refractivity contribution in [1.82, 2.24) is 5.32 Å². The van der Waals surface area contributed by atoms with Crippen molar-refractivity contribution < 1.29 is 4.48 Å². The molecule has 0 atom stereocenters. The van der Waals surface area contributed by atoms with Crippen LogP contribution in [0, 0.1) is 0 Å². The molecule has 0 unspecified atom stereocenters. The van der Waals surface area contributed by atoms with Gasteiger partial charge >= 0.3 is 0 Å². The predicted octanol–water partition coefficient (Wildman–Crippen LogP) is 2.71. The maximum atomic E-state index is 3.38. The SMILES string of the molecule is CCNCCC[N+](CC)(CC)CC.Cl.Cl. The fourth-order valence-corrected chi connectivity index (χ4v) is 1.86. The molecular formula is C11H29Cl2N2+. The lowest BCUT2D eigenvalue weighted by Gasteiger charge is -2.35. The third-order valence-corrected chi connectivity index (χ3v) is 3.25. The number of hydrogen-bond acceptors (Lipinski definition) is 1. The summed E-state index contributed by atoms with van der Waals surface area (Å²) in [5.41, 5.74) is 0. The van der Waals surface area contributed by atoms with E-state index in [2.05, 4.69) is 33.0 Å². The molecule has 0 spiro atoms. The van der Waals surface area contributed by atoms with Crippen LogP contribution in [0.15, 0.2) is 0 Å². The highest BCUT2D eigenvalue weighted by atomic mass is 35.5. The van der Waals surface area contributed by atoms with Gasteiger partial charge in [0.25, 0.3) is 0 Å². The van der Waals surface area contributed by atoms with E-state index in [0.29, 0.717) is 0 Å². The first-order valence-corrected chi connectivity index (χ1v) is 5.80. The van der Waals surface area contributed by atoms with Crippen LogP contribution in [0.1, 0.15) is 34.1 Å². The van der Waals surface area contributed by atoms with E-state index in [0.717, 1.165) is 6.54 Å². The topological polar surface area (TPSA) is 12.0 Å². The van der Waals surface area contributed by atoms with Gasteiger partial charge in [0.15, 0.2) is 0 Å². The lowest BCUT2D eigenvalue weighted by Crippen LogP contribution is -2.48. The minimum Gasteiger partial charge on any atom is -0.324 e. The monoisotopic (exact) mass is 259 g/mol. The summed E-state index contributed by atoms with van der Waals surface area (Å²) in [6.45, 7) is 16.5. The lowest BCUT2D eigenvalue weighted by molar-refractivity contribution is -0.923. The zero-order valence-electron chi connectivity index (χ0n) is 10.7. The number of quaternary nitrogens is 1. The highest BCUT2D eigenvalue weighted by Crippen LogP contribution is 2.06. The Kier molecular flexibility index (Phi) is 17.5. The second kappa shape index (κ2) is 12.6. The van der Waals surface area contributed by atoms with Crippen molar-refractivity contribution in [1.29, 1.82) is 0 Å². The van der Waals surface area contributed by atoms with Crippen molar-refractivity contribution in [3.05, 3.63) is 0 Å². The van der Waals surface area contributed by atoms with Gasteiger partial charge in [0, 0.05) is 13.0 Å². The molecule has 0 saturated carbocycles. The molecular weight excluding hydrogens is 231 g/mol. The van der Waals surface area contributed by atoms with E-state index in [1.807, 2.05) is 0 Å². The smallest absolute Gasteiger partial charge is 0.0798 e. The van der Waals surface area contributed by atoms with Gasteiger partial charge in [0.1, 0.15) is 0 Å². The number of nitrogens with zero attached hydrogens (tertiary/aromatic N) is 1. The molecule has 0 radical (unpaired) electrons. The summed E-state index contributed by atoms with van der Waals surface area (Å²) in [5.74, 6) is 0. The normalized spacial score (nSPS) is 10.4. The molecule has 0 bridgehead atoms. The highest BCUT2D eigenvalue weighted by Gasteiger charge is 2.19. The first kappa shape index (κ1) is 20.9. The Labute approximate surface area is 108 Å². The third kappa shape index (κ3) is 8.32. The van der Waals surface area contributed by atoms with Crippen molar-refractivity contribution in [3.8, 4) is 0 Å².